The molecule has 1 saturated heterocycles. The monoisotopic (exact) mass is 251 g/mol. The fourth-order valence-electron chi connectivity index (χ4n) is 2.53. The summed E-state index contributed by atoms with van der Waals surface area (Å²) in [5.41, 5.74) is 0.995. The molecule has 19 heavy (non-hydrogen) atoms. The van der Waals surface area contributed by atoms with Gasteiger partial charge in [0.15, 0.2) is 0 Å². The maximum absolute atomic E-state index is 4.43. The molecule has 1 aromatic carbocycles. The molecule has 0 spiro atoms. The van der Waals surface area contributed by atoms with Crippen LogP contribution in [0.25, 0.3) is 10.9 Å². The lowest BCUT2D eigenvalue weighted by Gasteiger charge is -2.40. The summed E-state index contributed by atoms with van der Waals surface area (Å²) in [4.78, 5) is 11.0. The molecule has 5 nitrogen and oxygen atoms in total. The van der Waals surface area contributed by atoms with Crippen molar-refractivity contribution in [2.75, 3.05) is 18.0 Å². The van der Waals surface area contributed by atoms with Crippen molar-refractivity contribution >= 4 is 16.7 Å². The van der Waals surface area contributed by atoms with Crippen molar-refractivity contribution in [3.05, 3.63) is 49.1 Å². The van der Waals surface area contributed by atoms with Gasteiger partial charge in [-0.3, -0.25) is 4.68 Å². The van der Waals surface area contributed by atoms with Gasteiger partial charge in [0.25, 0.3) is 0 Å². The van der Waals surface area contributed by atoms with E-state index in [0.717, 1.165) is 29.8 Å². The molecule has 0 unspecified atom stereocenters. The lowest BCUT2D eigenvalue weighted by atomic mass is 10.1. The first-order valence-corrected chi connectivity index (χ1v) is 6.35. The number of rotatable bonds is 2. The number of benzene rings is 1. The van der Waals surface area contributed by atoms with Crippen LogP contribution < -0.4 is 4.90 Å². The first-order chi connectivity index (χ1) is 9.42. The molecule has 94 valence electrons. The topological polar surface area (TPSA) is 46.8 Å². The summed E-state index contributed by atoms with van der Waals surface area (Å²) in [6.45, 7) is 1.89. The van der Waals surface area contributed by atoms with E-state index in [1.807, 2.05) is 41.3 Å². The van der Waals surface area contributed by atoms with Crippen molar-refractivity contribution in [2.24, 2.45) is 0 Å². The zero-order valence-electron chi connectivity index (χ0n) is 10.3. The second kappa shape index (κ2) is 4.05. The van der Waals surface area contributed by atoms with E-state index in [-0.39, 0.29) is 0 Å². The minimum absolute atomic E-state index is 0.448. The van der Waals surface area contributed by atoms with E-state index in [0.29, 0.717) is 6.04 Å². The quantitative estimate of drug-likeness (QED) is 0.697. The highest BCUT2D eigenvalue weighted by Crippen LogP contribution is 2.30. The number of para-hydroxylation sites is 1. The molecule has 1 fully saturated rings. The van der Waals surface area contributed by atoms with Gasteiger partial charge in [-0.1, -0.05) is 12.1 Å². The van der Waals surface area contributed by atoms with Crippen LogP contribution in [0.4, 0.5) is 5.82 Å². The summed E-state index contributed by atoms with van der Waals surface area (Å²) < 4.78 is 2.01. The van der Waals surface area contributed by atoms with Gasteiger partial charge in [-0.2, -0.15) is 5.10 Å². The Kier molecular flexibility index (Phi) is 2.24. The number of fused-ring (bicyclic) bond motifs is 1. The Hall–Kier alpha value is -2.43. The Balaban J connectivity index is 1.63. The number of hydrogen-bond donors (Lipinski definition) is 0. The number of aromatic nitrogens is 4. The summed E-state index contributed by atoms with van der Waals surface area (Å²) in [5, 5.41) is 5.40. The molecule has 0 atom stereocenters. The predicted octanol–water partition coefficient (Wildman–Crippen LogP) is 1.89. The normalized spacial score (nSPS) is 15.7. The molecule has 4 rings (SSSR count). The Labute approximate surface area is 110 Å². The number of hydrogen-bond acceptors (Lipinski definition) is 4. The van der Waals surface area contributed by atoms with Gasteiger partial charge in [-0.25, -0.2) is 9.97 Å². The third-order valence-corrected chi connectivity index (χ3v) is 3.58. The maximum atomic E-state index is 4.43. The van der Waals surface area contributed by atoms with Crippen molar-refractivity contribution in [3.63, 3.8) is 0 Å². The van der Waals surface area contributed by atoms with Gasteiger partial charge in [0, 0.05) is 30.9 Å². The van der Waals surface area contributed by atoms with Gasteiger partial charge in [0.05, 0.1) is 11.6 Å². The van der Waals surface area contributed by atoms with Crippen molar-refractivity contribution in [2.45, 2.75) is 6.04 Å². The third kappa shape index (κ3) is 1.66. The number of nitrogens with zero attached hydrogens (tertiary/aromatic N) is 5. The zero-order valence-corrected chi connectivity index (χ0v) is 10.3. The molecule has 5 heteroatoms. The molecule has 1 aliphatic rings. The first kappa shape index (κ1) is 10.5. The highest BCUT2D eigenvalue weighted by atomic mass is 15.4. The van der Waals surface area contributed by atoms with Crippen LogP contribution >= 0.6 is 0 Å². The smallest absolute Gasteiger partial charge is 0.140 e. The van der Waals surface area contributed by atoms with E-state index in [1.165, 1.54) is 0 Å². The fourth-order valence-corrected chi connectivity index (χ4v) is 2.53. The van der Waals surface area contributed by atoms with Crippen molar-refractivity contribution in [1.29, 1.82) is 0 Å². The molecular formula is C14H13N5. The summed E-state index contributed by atoms with van der Waals surface area (Å²) in [5.74, 6) is 1.02. The summed E-state index contributed by atoms with van der Waals surface area (Å²) in [6, 6.07) is 10.5. The van der Waals surface area contributed by atoms with Crippen molar-refractivity contribution < 1.29 is 0 Å². The van der Waals surface area contributed by atoms with Crippen LogP contribution in [-0.2, 0) is 0 Å². The summed E-state index contributed by atoms with van der Waals surface area (Å²) >= 11 is 0. The van der Waals surface area contributed by atoms with Crippen LogP contribution in [0.5, 0.6) is 0 Å². The molecule has 0 bridgehead atoms. The molecule has 0 radical (unpaired) electrons. The van der Waals surface area contributed by atoms with Crippen molar-refractivity contribution in [3.8, 4) is 0 Å². The Morgan fingerprint density at radius 2 is 1.95 bits per heavy atom. The van der Waals surface area contributed by atoms with E-state index >= 15 is 0 Å². The second-order valence-electron chi connectivity index (χ2n) is 4.76. The minimum Gasteiger partial charge on any atom is -0.352 e. The molecule has 0 aliphatic carbocycles. The van der Waals surface area contributed by atoms with E-state index in [1.54, 1.807) is 6.33 Å². The highest BCUT2D eigenvalue weighted by molar-refractivity contribution is 5.89. The van der Waals surface area contributed by atoms with Crippen LogP contribution in [0.3, 0.4) is 0 Å². The van der Waals surface area contributed by atoms with E-state index in [4.69, 9.17) is 0 Å². The Morgan fingerprint density at radius 1 is 1.05 bits per heavy atom. The van der Waals surface area contributed by atoms with Gasteiger partial charge in [0.2, 0.25) is 0 Å². The van der Waals surface area contributed by atoms with Gasteiger partial charge in [0.1, 0.15) is 12.1 Å². The van der Waals surface area contributed by atoms with Crippen LogP contribution in [0.15, 0.2) is 49.1 Å². The van der Waals surface area contributed by atoms with Crippen LogP contribution in [0, 0.1) is 0 Å². The first-order valence-electron chi connectivity index (χ1n) is 6.35. The zero-order chi connectivity index (χ0) is 12.7. The third-order valence-electron chi connectivity index (χ3n) is 3.58. The second-order valence-corrected chi connectivity index (χ2v) is 4.76. The molecule has 3 heterocycles. The molecule has 0 amide bonds. The van der Waals surface area contributed by atoms with E-state index in [9.17, 15) is 0 Å². The van der Waals surface area contributed by atoms with Gasteiger partial charge in [-0.15, -0.1) is 0 Å². The lowest BCUT2D eigenvalue weighted by molar-refractivity contribution is 0.366. The molecule has 1 aliphatic heterocycles. The molecule has 0 saturated carbocycles. The standard InChI is InChI=1S/C14H13N5/c1-2-5-13-12(4-1)14(16-10-15-13)18-8-11(9-18)19-7-3-6-17-19/h1-7,10-11H,8-9H2. The van der Waals surface area contributed by atoms with Gasteiger partial charge < -0.3 is 4.90 Å². The largest absolute Gasteiger partial charge is 0.352 e. The van der Waals surface area contributed by atoms with E-state index in [2.05, 4.69) is 26.0 Å². The maximum Gasteiger partial charge on any atom is 0.140 e. The van der Waals surface area contributed by atoms with Gasteiger partial charge >= 0.3 is 0 Å². The van der Waals surface area contributed by atoms with E-state index < -0.39 is 0 Å². The lowest BCUT2D eigenvalue weighted by Crippen LogP contribution is -2.48. The molecule has 3 aromatic rings. The number of anilines is 1. The molecule has 2 aromatic heterocycles. The fraction of sp³-hybridized carbons (Fsp3) is 0.214. The highest BCUT2D eigenvalue weighted by Gasteiger charge is 2.30. The SMILES string of the molecule is c1ccc2c(N3CC(n4cccn4)C3)ncnc2c1. The summed E-state index contributed by atoms with van der Waals surface area (Å²) in [6.07, 6.45) is 5.47. The summed E-state index contributed by atoms with van der Waals surface area (Å²) in [7, 11) is 0. The molecule has 0 N–H and O–H groups in total. The van der Waals surface area contributed by atoms with Crippen LogP contribution in [0.1, 0.15) is 6.04 Å². The van der Waals surface area contributed by atoms with Crippen molar-refractivity contribution in [1.82, 2.24) is 19.7 Å². The Bertz CT molecular complexity index is 695. The Morgan fingerprint density at radius 3 is 2.79 bits per heavy atom. The van der Waals surface area contributed by atoms with Crippen LogP contribution in [0.2, 0.25) is 0 Å². The minimum atomic E-state index is 0.448. The average Bonchev–Trinajstić information content (AvgIpc) is 2.91. The average molecular weight is 251 g/mol. The molecular weight excluding hydrogens is 238 g/mol. The van der Waals surface area contributed by atoms with Crippen LogP contribution in [-0.4, -0.2) is 32.8 Å². The predicted molar refractivity (Wildman–Crippen MR) is 73.0 cm³/mol. The van der Waals surface area contributed by atoms with Gasteiger partial charge in [-0.05, 0) is 18.2 Å².